The molecule has 0 spiro atoms. The van der Waals surface area contributed by atoms with Crippen LogP contribution in [0, 0.1) is 0 Å². The van der Waals surface area contributed by atoms with E-state index in [9.17, 15) is 14.4 Å². The molecule has 2 aromatic rings. The Bertz CT molecular complexity index is 833. The Balaban J connectivity index is 1.69. The fourth-order valence-electron chi connectivity index (χ4n) is 2.60. The van der Waals surface area contributed by atoms with Crippen molar-refractivity contribution in [2.24, 2.45) is 0 Å². The number of para-hydroxylation sites is 1. The predicted octanol–water partition coefficient (Wildman–Crippen LogP) is 3.55. The normalized spacial score (nSPS) is 10.1. The van der Waals surface area contributed by atoms with E-state index < -0.39 is 18.5 Å². The molecule has 154 valence electrons. The van der Waals surface area contributed by atoms with Gasteiger partial charge in [-0.3, -0.25) is 14.4 Å². The van der Waals surface area contributed by atoms with Crippen LogP contribution in [0.4, 0.5) is 11.4 Å². The first-order valence-corrected chi connectivity index (χ1v) is 9.58. The van der Waals surface area contributed by atoms with Gasteiger partial charge in [-0.1, -0.05) is 25.1 Å². The lowest BCUT2D eigenvalue weighted by Crippen LogP contribution is -2.21. The predicted molar refractivity (Wildman–Crippen MR) is 111 cm³/mol. The fourth-order valence-corrected chi connectivity index (χ4v) is 2.60. The van der Waals surface area contributed by atoms with E-state index in [1.165, 1.54) is 0 Å². The van der Waals surface area contributed by atoms with Gasteiger partial charge in [-0.15, -0.1) is 0 Å². The van der Waals surface area contributed by atoms with Crippen molar-refractivity contribution in [3.8, 4) is 5.75 Å². The van der Waals surface area contributed by atoms with E-state index in [2.05, 4.69) is 10.6 Å². The molecule has 0 bridgehead atoms. The van der Waals surface area contributed by atoms with Gasteiger partial charge in [0.25, 0.3) is 5.91 Å². The lowest BCUT2D eigenvalue weighted by Gasteiger charge is -2.10. The fraction of sp³-hybridized carbons (Fsp3) is 0.318. The van der Waals surface area contributed by atoms with Crippen molar-refractivity contribution in [2.45, 2.75) is 33.1 Å². The zero-order chi connectivity index (χ0) is 21.1. The number of anilines is 2. The monoisotopic (exact) mass is 398 g/mol. The molecule has 0 aliphatic rings. The van der Waals surface area contributed by atoms with Gasteiger partial charge >= 0.3 is 5.97 Å². The largest absolute Gasteiger partial charge is 0.494 e. The number of carbonyl (C=O) groups is 3. The molecule has 2 rings (SSSR count). The summed E-state index contributed by atoms with van der Waals surface area (Å²) in [4.78, 5) is 35.7. The Morgan fingerprint density at radius 3 is 2.28 bits per heavy atom. The van der Waals surface area contributed by atoms with Crippen LogP contribution in [0.3, 0.4) is 0 Å². The van der Waals surface area contributed by atoms with Gasteiger partial charge < -0.3 is 20.1 Å². The number of ether oxygens (including phenoxy) is 2. The molecule has 2 aromatic carbocycles. The molecule has 0 heterocycles. The van der Waals surface area contributed by atoms with Gasteiger partial charge in [0.05, 0.1) is 13.0 Å². The van der Waals surface area contributed by atoms with Crippen LogP contribution in [-0.2, 0) is 25.5 Å². The first kappa shape index (κ1) is 21.9. The van der Waals surface area contributed by atoms with Crippen molar-refractivity contribution in [1.82, 2.24) is 0 Å². The summed E-state index contributed by atoms with van der Waals surface area (Å²) in [5, 5.41) is 5.42. The van der Waals surface area contributed by atoms with Crippen LogP contribution in [-0.4, -0.2) is 31.0 Å². The standard InChI is InChI=1S/C22H26N2O5/c1-3-16-7-5-6-8-19(16)24-20(25)13-14-22(27)29-15-21(26)23-17-9-11-18(12-10-17)28-4-2/h5-12H,3-4,13-15H2,1-2H3,(H,23,26)(H,24,25). The minimum absolute atomic E-state index is 0.0165. The molecule has 0 aromatic heterocycles. The Hall–Kier alpha value is -3.35. The summed E-state index contributed by atoms with van der Waals surface area (Å²) in [7, 11) is 0. The van der Waals surface area contributed by atoms with E-state index in [0.717, 1.165) is 17.7 Å². The van der Waals surface area contributed by atoms with E-state index >= 15 is 0 Å². The molecule has 7 heteroatoms. The number of benzene rings is 2. The van der Waals surface area contributed by atoms with E-state index in [-0.39, 0.29) is 18.7 Å². The Morgan fingerprint density at radius 2 is 1.59 bits per heavy atom. The lowest BCUT2D eigenvalue weighted by molar-refractivity contribution is -0.147. The summed E-state index contributed by atoms with van der Waals surface area (Å²) >= 11 is 0. The van der Waals surface area contributed by atoms with Gasteiger partial charge in [0.15, 0.2) is 6.61 Å². The van der Waals surface area contributed by atoms with Crippen molar-refractivity contribution in [3.63, 3.8) is 0 Å². The summed E-state index contributed by atoms with van der Waals surface area (Å²) in [6, 6.07) is 14.4. The molecule has 0 unspecified atom stereocenters. The van der Waals surface area contributed by atoms with Crippen molar-refractivity contribution >= 4 is 29.2 Å². The molecule has 0 aliphatic carbocycles. The van der Waals surface area contributed by atoms with Crippen LogP contribution in [0.15, 0.2) is 48.5 Å². The number of esters is 1. The SMILES string of the molecule is CCOc1ccc(NC(=O)COC(=O)CCC(=O)Nc2ccccc2CC)cc1. The van der Waals surface area contributed by atoms with Crippen LogP contribution in [0.25, 0.3) is 0 Å². The number of rotatable bonds is 10. The molecule has 7 nitrogen and oxygen atoms in total. The van der Waals surface area contributed by atoms with E-state index in [1.807, 2.05) is 38.1 Å². The van der Waals surface area contributed by atoms with Gasteiger partial charge in [0.2, 0.25) is 5.91 Å². The van der Waals surface area contributed by atoms with Gasteiger partial charge in [0.1, 0.15) is 5.75 Å². The quantitative estimate of drug-likeness (QED) is 0.597. The zero-order valence-corrected chi connectivity index (χ0v) is 16.7. The molecule has 0 fully saturated rings. The lowest BCUT2D eigenvalue weighted by atomic mass is 10.1. The summed E-state index contributed by atoms with van der Waals surface area (Å²) in [6.45, 7) is 4.04. The highest BCUT2D eigenvalue weighted by atomic mass is 16.5. The van der Waals surface area contributed by atoms with Gasteiger partial charge in [0, 0.05) is 17.8 Å². The van der Waals surface area contributed by atoms with Crippen molar-refractivity contribution in [3.05, 3.63) is 54.1 Å². The summed E-state index contributed by atoms with van der Waals surface area (Å²) in [6.07, 6.45) is 0.676. The number of hydrogen-bond donors (Lipinski definition) is 2. The van der Waals surface area contributed by atoms with E-state index in [1.54, 1.807) is 24.3 Å². The third-order valence-corrected chi connectivity index (χ3v) is 4.04. The maximum atomic E-state index is 12.0. The number of aryl methyl sites for hydroxylation is 1. The average molecular weight is 398 g/mol. The average Bonchev–Trinajstić information content (AvgIpc) is 2.73. The molecule has 0 atom stereocenters. The number of hydrogen-bond acceptors (Lipinski definition) is 5. The number of carbonyl (C=O) groups excluding carboxylic acids is 3. The maximum absolute atomic E-state index is 12.0. The summed E-state index contributed by atoms with van der Waals surface area (Å²) in [5.74, 6) is -0.631. The second-order valence-electron chi connectivity index (χ2n) is 6.23. The van der Waals surface area contributed by atoms with Crippen LogP contribution >= 0.6 is 0 Å². The Labute approximate surface area is 170 Å². The van der Waals surface area contributed by atoms with Crippen LogP contribution < -0.4 is 15.4 Å². The highest BCUT2D eigenvalue weighted by Gasteiger charge is 2.12. The first-order valence-electron chi connectivity index (χ1n) is 9.58. The van der Waals surface area contributed by atoms with Gasteiger partial charge in [-0.05, 0) is 49.2 Å². The minimum atomic E-state index is -0.606. The molecule has 0 saturated heterocycles. The summed E-state index contributed by atoms with van der Waals surface area (Å²) in [5.41, 5.74) is 2.33. The van der Waals surface area contributed by atoms with Crippen molar-refractivity contribution < 1.29 is 23.9 Å². The molecular weight excluding hydrogens is 372 g/mol. The number of amides is 2. The van der Waals surface area contributed by atoms with Crippen molar-refractivity contribution in [2.75, 3.05) is 23.8 Å². The van der Waals surface area contributed by atoms with Crippen molar-refractivity contribution in [1.29, 1.82) is 0 Å². The second kappa shape index (κ2) is 11.5. The molecule has 2 amide bonds. The van der Waals surface area contributed by atoms with Crippen LogP contribution in [0.5, 0.6) is 5.75 Å². The highest BCUT2D eigenvalue weighted by Crippen LogP contribution is 2.16. The van der Waals surface area contributed by atoms with Crippen LogP contribution in [0.1, 0.15) is 32.3 Å². The third-order valence-electron chi connectivity index (χ3n) is 4.04. The minimum Gasteiger partial charge on any atom is -0.494 e. The molecule has 29 heavy (non-hydrogen) atoms. The molecule has 2 N–H and O–H groups in total. The second-order valence-corrected chi connectivity index (χ2v) is 6.23. The Morgan fingerprint density at radius 1 is 0.862 bits per heavy atom. The zero-order valence-electron chi connectivity index (χ0n) is 16.7. The number of nitrogens with one attached hydrogen (secondary N) is 2. The topological polar surface area (TPSA) is 93.7 Å². The maximum Gasteiger partial charge on any atom is 0.306 e. The molecular formula is C22H26N2O5. The first-order chi connectivity index (χ1) is 14.0. The molecule has 0 radical (unpaired) electrons. The molecule has 0 saturated carbocycles. The molecule has 0 aliphatic heterocycles. The van der Waals surface area contributed by atoms with Gasteiger partial charge in [-0.25, -0.2) is 0 Å². The highest BCUT2D eigenvalue weighted by molar-refractivity contribution is 5.94. The van der Waals surface area contributed by atoms with E-state index in [4.69, 9.17) is 9.47 Å². The third kappa shape index (κ3) is 7.65. The van der Waals surface area contributed by atoms with E-state index in [0.29, 0.717) is 18.0 Å². The summed E-state index contributed by atoms with van der Waals surface area (Å²) < 4.78 is 10.3. The van der Waals surface area contributed by atoms with Crippen LogP contribution in [0.2, 0.25) is 0 Å². The Kier molecular flexibility index (Phi) is 8.69. The smallest absolute Gasteiger partial charge is 0.306 e. The van der Waals surface area contributed by atoms with Gasteiger partial charge in [-0.2, -0.15) is 0 Å².